The summed E-state index contributed by atoms with van der Waals surface area (Å²) in [6.45, 7) is 9.22. The number of hydrogen-bond donors (Lipinski definition) is 1. The number of thioether (sulfide) groups is 1. The average molecular weight is 436 g/mol. The van der Waals surface area contributed by atoms with Crippen LogP contribution < -0.4 is 10.2 Å². The molecule has 0 bridgehead atoms. The Hall–Kier alpha value is -2.80. The number of nitrogens with zero attached hydrogens (tertiary/aromatic N) is 4. The third kappa shape index (κ3) is 4.93. The van der Waals surface area contributed by atoms with Crippen LogP contribution >= 0.6 is 11.8 Å². The van der Waals surface area contributed by atoms with Gasteiger partial charge in [0.05, 0.1) is 5.75 Å². The van der Waals surface area contributed by atoms with E-state index in [4.69, 9.17) is 0 Å². The number of aromatic nitrogens is 3. The highest BCUT2D eigenvalue weighted by Crippen LogP contribution is 2.28. The van der Waals surface area contributed by atoms with Crippen molar-refractivity contribution in [2.75, 3.05) is 29.1 Å². The lowest BCUT2D eigenvalue weighted by Crippen LogP contribution is -2.19. The van der Waals surface area contributed by atoms with E-state index in [0.717, 1.165) is 41.9 Å². The number of amides is 1. The Morgan fingerprint density at radius 3 is 2.61 bits per heavy atom. The number of hydrogen-bond acceptors (Lipinski definition) is 5. The summed E-state index contributed by atoms with van der Waals surface area (Å²) >= 11 is 1.42. The highest BCUT2D eigenvalue weighted by atomic mass is 32.2. The lowest BCUT2D eigenvalue weighted by molar-refractivity contribution is -0.113. The van der Waals surface area contributed by atoms with Crippen LogP contribution in [0.1, 0.15) is 30.9 Å². The van der Waals surface area contributed by atoms with Gasteiger partial charge in [-0.1, -0.05) is 35.5 Å². The molecule has 0 spiro atoms. The lowest BCUT2D eigenvalue weighted by Gasteiger charge is -2.20. The Kier molecular flexibility index (Phi) is 6.61. The SMILES string of the molecule is CCn1c(SCC(=O)Nc2ccc(N3CCCC3)c(C)c2)nnc1-c1cccc(C)c1. The van der Waals surface area contributed by atoms with Gasteiger partial charge < -0.3 is 14.8 Å². The summed E-state index contributed by atoms with van der Waals surface area (Å²) in [5, 5.41) is 12.5. The highest BCUT2D eigenvalue weighted by Gasteiger charge is 2.16. The molecule has 0 saturated carbocycles. The van der Waals surface area contributed by atoms with Crippen LogP contribution in [-0.2, 0) is 11.3 Å². The molecule has 1 saturated heterocycles. The zero-order valence-electron chi connectivity index (χ0n) is 18.4. The van der Waals surface area contributed by atoms with E-state index in [2.05, 4.69) is 70.0 Å². The second-order valence-corrected chi connectivity index (χ2v) is 8.89. The monoisotopic (exact) mass is 435 g/mol. The number of carbonyl (C=O) groups excluding carboxylic acids is 1. The molecule has 0 atom stereocenters. The summed E-state index contributed by atoms with van der Waals surface area (Å²) in [6, 6.07) is 14.4. The molecule has 1 fully saturated rings. The summed E-state index contributed by atoms with van der Waals surface area (Å²) in [5.41, 5.74) is 5.52. The Morgan fingerprint density at radius 2 is 1.90 bits per heavy atom. The van der Waals surface area contributed by atoms with Gasteiger partial charge >= 0.3 is 0 Å². The van der Waals surface area contributed by atoms with Crippen molar-refractivity contribution < 1.29 is 4.79 Å². The predicted molar refractivity (Wildman–Crippen MR) is 128 cm³/mol. The minimum atomic E-state index is -0.0407. The fourth-order valence-corrected chi connectivity index (χ4v) is 4.85. The zero-order valence-corrected chi connectivity index (χ0v) is 19.2. The first-order chi connectivity index (χ1) is 15.0. The van der Waals surface area contributed by atoms with Gasteiger partial charge in [-0.3, -0.25) is 4.79 Å². The van der Waals surface area contributed by atoms with Crippen molar-refractivity contribution in [3.05, 3.63) is 53.6 Å². The molecular formula is C24H29N5OS. The molecule has 1 aliphatic heterocycles. The molecule has 1 N–H and O–H groups in total. The third-order valence-corrected chi connectivity index (χ3v) is 6.54. The van der Waals surface area contributed by atoms with Gasteiger partial charge in [0.25, 0.3) is 0 Å². The quantitative estimate of drug-likeness (QED) is 0.534. The smallest absolute Gasteiger partial charge is 0.234 e. The Bertz CT molecular complexity index is 1070. The van der Waals surface area contributed by atoms with Crippen molar-refractivity contribution in [1.29, 1.82) is 0 Å². The summed E-state index contributed by atoms with van der Waals surface area (Å²) in [5.74, 6) is 1.09. The van der Waals surface area contributed by atoms with Gasteiger partial charge in [-0.15, -0.1) is 10.2 Å². The van der Waals surface area contributed by atoms with E-state index in [1.807, 2.05) is 18.2 Å². The molecule has 1 amide bonds. The predicted octanol–water partition coefficient (Wildman–Crippen LogP) is 4.91. The van der Waals surface area contributed by atoms with Crippen LogP contribution in [0.2, 0.25) is 0 Å². The maximum atomic E-state index is 12.6. The van der Waals surface area contributed by atoms with E-state index in [1.54, 1.807) is 0 Å². The van der Waals surface area contributed by atoms with Crippen molar-refractivity contribution in [2.45, 2.75) is 45.3 Å². The molecule has 0 radical (unpaired) electrons. The first-order valence-corrected chi connectivity index (χ1v) is 11.8. The van der Waals surface area contributed by atoms with E-state index in [9.17, 15) is 4.79 Å². The van der Waals surface area contributed by atoms with Gasteiger partial charge in [0, 0.05) is 36.6 Å². The molecule has 2 heterocycles. The van der Waals surface area contributed by atoms with Crippen LogP contribution in [0.25, 0.3) is 11.4 Å². The minimum Gasteiger partial charge on any atom is -0.371 e. The second kappa shape index (κ2) is 9.56. The fraction of sp³-hybridized carbons (Fsp3) is 0.375. The zero-order chi connectivity index (χ0) is 21.8. The Balaban J connectivity index is 1.39. The summed E-state index contributed by atoms with van der Waals surface area (Å²) in [4.78, 5) is 15.0. The third-order valence-electron chi connectivity index (χ3n) is 5.57. The molecular weight excluding hydrogens is 406 g/mol. The molecule has 3 aromatic rings. The summed E-state index contributed by atoms with van der Waals surface area (Å²) < 4.78 is 2.06. The lowest BCUT2D eigenvalue weighted by atomic mass is 10.1. The highest BCUT2D eigenvalue weighted by molar-refractivity contribution is 7.99. The number of anilines is 2. The van der Waals surface area contributed by atoms with Crippen molar-refractivity contribution in [2.24, 2.45) is 0 Å². The van der Waals surface area contributed by atoms with E-state index in [1.165, 1.54) is 41.4 Å². The van der Waals surface area contributed by atoms with Gasteiger partial charge in [-0.2, -0.15) is 0 Å². The maximum absolute atomic E-state index is 12.6. The van der Waals surface area contributed by atoms with Crippen molar-refractivity contribution in [1.82, 2.24) is 14.8 Å². The summed E-state index contributed by atoms with van der Waals surface area (Å²) in [6.07, 6.45) is 2.51. The van der Waals surface area contributed by atoms with E-state index in [-0.39, 0.29) is 5.91 Å². The first kappa shape index (κ1) is 21.4. The van der Waals surface area contributed by atoms with E-state index < -0.39 is 0 Å². The molecule has 162 valence electrons. The summed E-state index contributed by atoms with van der Waals surface area (Å²) in [7, 11) is 0. The largest absolute Gasteiger partial charge is 0.371 e. The molecule has 0 unspecified atom stereocenters. The van der Waals surface area contributed by atoms with Crippen LogP contribution in [0.4, 0.5) is 11.4 Å². The molecule has 7 heteroatoms. The fourth-order valence-electron chi connectivity index (χ4n) is 4.05. The van der Waals surface area contributed by atoms with Crippen molar-refractivity contribution >= 4 is 29.0 Å². The standard InChI is InChI=1S/C24H29N5OS/c1-4-29-23(19-9-7-8-17(2)14-19)26-27-24(29)31-16-22(30)25-20-10-11-21(18(3)15-20)28-12-5-6-13-28/h7-11,14-15H,4-6,12-13,16H2,1-3H3,(H,25,30). The van der Waals surface area contributed by atoms with Gasteiger partial charge in [-0.25, -0.2) is 0 Å². The first-order valence-electron chi connectivity index (χ1n) is 10.8. The number of aryl methyl sites for hydroxylation is 2. The van der Waals surface area contributed by atoms with Crippen LogP contribution in [0.5, 0.6) is 0 Å². The topological polar surface area (TPSA) is 63.1 Å². The van der Waals surface area contributed by atoms with E-state index in [0.29, 0.717) is 5.75 Å². The van der Waals surface area contributed by atoms with Crippen LogP contribution in [0, 0.1) is 13.8 Å². The number of rotatable bonds is 7. The number of nitrogens with one attached hydrogen (secondary N) is 1. The minimum absolute atomic E-state index is 0.0407. The Morgan fingerprint density at radius 1 is 1.10 bits per heavy atom. The molecule has 31 heavy (non-hydrogen) atoms. The van der Waals surface area contributed by atoms with Crippen molar-refractivity contribution in [3.8, 4) is 11.4 Å². The molecule has 0 aliphatic carbocycles. The molecule has 1 aliphatic rings. The van der Waals surface area contributed by atoms with Crippen molar-refractivity contribution in [3.63, 3.8) is 0 Å². The van der Waals surface area contributed by atoms with Gasteiger partial charge in [0.2, 0.25) is 5.91 Å². The number of benzene rings is 2. The second-order valence-electron chi connectivity index (χ2n) is 7.95. The van der Waals surface area contributed by atoms with Crippen LogP contribution in [-0.4, -0.2) is 39.5 Å². The van der Waals surface area contributed by atoms with Gasteiger partial charge in [-0.05, 0) is 63.4 Å². The average Bonchev–Trinajstić information content (AvgIpc) is 3.42. The van der Waals surface area contributed by atoms with Gasteiger partial charge in [0.1, 0.15) is 0 Å². The van der Waals surface area contributed by atoms with Crippen LogP contribution in [0.15, 0.2) is 47.6 Å². The molecule has 4 rings (SSSR count). The van der Waals surface area contributed by atoms with Crippen LogP contribution in [0.3, 0.4) is 0 Å². The maximum Gasteiger partial charge on any atom is 0.234 e. The normalized spacial score (nSPS) is 13.6. The molecule has 6 nitrogen and oxygen atoms in total. The molecule has 2 aromatic carbocycles. The van der Waals surface area contributed by atoms with Gasteiger partial charge in [0.15, 0.2) is 11.0 Å². The molecule has 1 aromatic heterocycles. The Labute approximate surface area is 188 Å². The van der Waals surface area contributed by atoms with E-state index >= 15 is 0 Å². The number of carbonyl (C=O) groups is 1.